The average Bonchev–Trinajstić information content (AvgIpc) is 2.82. The van der Waals surface area contributed by atoms with Gasteiger partial charge in [0.25, 0.3) is 0 Å². The van der Waals surface area contributed by atoms with E-state index in [1.54, 1.807) is 12.5 Å². The van der Waals surface area contributed by atoms with Gasteiger partial charge in [0.1, 0.15) is 11.6 Å². The lowest BCUT2D eigenvalue weighted by Crippen LogP contribution is -2.17. The molecule has 0 aliphatic rings. The van der Waals surface area contributed by atoms with Crippen LogP contribution in [0.1, 0.15) is 11.3 Å². The zero-order valence-corrected chi connectivity index (χ0v) is 9.13. The topological polar surface area (TPSA) is 49.5 Å². The molecule has 0 spiro atoms. The Morgan fingerprint density at radius 3 is 2.81 bits per heavy atom. The fraction of sp³-hybridized carbons (Fsp3) is 0.250. The third-order valence-corrected chi connectivity index (χ3v) is 2.36. The Bertz CT molecular complexity index is 423. The van der Waals surface area contributed by atoms with E-state index in [0.717, 1.165) is 17.1 Å². The summed E-state index contributed by atoms with van der Waals surface area (Å²) in [5.74, 6) is 1.75. The quantitative estimate of drug-likeness (QED) is 0.850. The van der Waals surface area contributed by atoms with Gasteiger partial charge in [-0.1, -0.05) is 6.07 Å². The summed E-state index contributed by atoms with van der Waals surface area (Å²) in [5, 5.41) is 8.91. The minimum atomic E-state index is 0.0230. The molecular formula is C12H14N2O2. The van der Waals surface area contributed by atoms with Gasteiger partial charge in [-0.05, 0) is 23.8 Å². The minimum absolute atomic E-state index is 0.0230. The zero-order valence-electron chi connectivity index (χ0n) is 9.13. The molecule has 0 radical (unpaired) electrons. The van der Waals surface area contributed by atoms with Gasteiger partial charge in [0, 0.05) is 13.2 Å². The first-order valence-corrected chi connectivity index (χ1v) is 5.09. The van der Waals surface area contributed by atoms with Gasteiger partial charge in [-0.25, -0.2) is 4.98 Å². The predicted molar refractivity (Wildman–Crippen MR) is 61.0 cm³/mol. The summed E-state index contributed by atoms with van der Waals surface area (Å²) >= 11 is 0. The monoisotopic (exact) mass is 218 g/mol. The Hall–Kier alpha value is -1.81. The first-order chi connectivity index (χ1) is 7.79. The van der Waals surface area contributed by atoms with Crippen LogP contribution >= 0.6 is 0 Å². The molecule has 0 aliphatic carbocycles. The number of hydrogen-bond acceptors (Lipinski definition) is 4. The standard InChI is InChI=1S/C12H14N2O2/c1-14(8-11-3-2-6-16-11)12-5-4-10(9-15)7-13-12/h2-7,15H,8-9H2,1H3. The Labute approximate surface area is 94.2 Å². The van der Waals surface area contributed by atoms with Crippen molar-refractivity contribution in [1.82, 2.24) is 4.98 Å². The van der Waals surface area contributed by atoms with Crippen molar-refractivity contribution in [2.75, 3.05) is 11.9 Å². The van der Waals surface area contributed by atoms with E-state index >= 15 is 0 Å². The van der Waals surface area contributed by atoms with Crippen LogP contribution in [0.15, 0.2) is 41.1 Å². The molecule has 0 saturated heterocycles. The molecule has 16 heavy (non-hydrogen) atoms. The first-order valence-electron chi connectivity index (χ1n) is 5.09. The fourth-order valence-corrected chi connectivity index (χ4v) is 1.45. The molecule has 0 unspecified atom stereocenters. The molecule has 2 heterocycles. The number of rotatable bonds is 4. The molecule has 0 aliphatic heterocycles. The number of aromatic nitrogens is 1. The van der Waals surface area contributed by atoms with E-state index in [1.165, 1.54) is 0 Å². The van der Waals surface area contributed by atoms with Crippen LogP contribution in [-0.4, -0.2) is 17.1 Å². The maximum absolute atomic E-state index is 8.91. The lowest BCUT2D eigenvalue weighted by atomic mass is 10.3. The molecule has 4 heteroatoms. The summed E-state index contributed by atoms with van der Waals surface area (Å²) in [6, 6.07) is 7.54. The summed E-state index contributed by atoms with van der Waals surface area (Å²) in [7, 11) is 1.95. The van der Waals surface area contributed by atoms with Crippen molar-refractivity contribution < 1.29 is 9.52 Å². The van der Waals surface area contributed by atoms with Crippen LogP contribution in [0.3, 0.4) is 0 Å². The van der Waals surface area contributed by atoms with Crippen molar-refractivity contribution in [2.45, 2.75) is 13.2 Å². The highest BCUT2D eigenvalue weighted by Gasteiger charge is 2.04. The predicted octanol–water partition coefficient (Wildman–Crippen LogP) is 1.80. The molecule has 0 aromatic carbocycles. The third-order valence-electron chi connectivity index (χ3n) is 2.36. The van der Waals surface area contributed by atoms with Crippen LogP contribution in [0, 0.1) is 0 Å². The van der Waals surface area contributed by atoms with Gasteiger partial charge in [0.05, 0.1) is 19.4 Å². The molecule has 2 rings (SSSR count). The Kier molecular flexibility index (Phi) is 3.22. The maximum atomic E-state index is 8.91. The van der Waals surface area contributed by atoms with Gasteiger partial charge in [0.15, 0.2) is 0 Å². The number of hydrogen-bond donors (Lipinski definition) is 1. The van der Waals surface area contributed by atoms with E-state index in [0.29, 0.717) is 6.54 Å². The molecule has 2 aromatic heterocycles. The number of aliphatic hydroxyl groups excluding tert-OH is 1. The van der Waals surface area contributed by atoms with Gasteiger partial charge >= 0.3 is 0 Å². The molecule has 0 saturated carbocycles. The Morgan fingerprint density at radius 2 is 2.25 bits per heavy atom. The van der Waals surface area contributed by atoms with E-state index in [-0.39, 0.29) is 6.61 Å². The van der Waals surface area contributed by atoms with Gasteiger partial charge in [-0.2, -0.15) is 0 Å². The van der Waals surface area contributed by atoms with Crippen LogP contribution in [0.4, 0.5) is 5.82 Å². The lowest BCUT2D eigenvalue weighted by Gasteiger charge is -2.16. The first kappa shape index (κ1) is 10.7. The fourth-order valence-electron chi connectivity index (χ4n) is 1.45. The summed E-state index contributed by atoms with van der Waals surface area (Å²) in [6.45, 7) is 0.702. The van der Waals surface area contributed by atoms with Crippen LogP contribution in [0.5, 0.6) is 0 Å². The minimum Gasteiger partial charge on any atom is -0.467 e. The number of furan rings is 1. The highest BCUT2D eigenvalue weighted by Crippen LogP contribution is 2.13. The van der Waals surface area contributed by atoms with Crippen molar-refractivity contribution in [3.05, 3.63) is 48.0 Å². The molecule has 0 atom stereocenters. The lowest BCUT2D eigenvalue weighted by molar-refractivity contribution is 0.281. The SMILES string of the molecule is CN(Cc1ccco1)c1ccc(CO)cn1. The smallest absolute Gasteiger partial charge is 0.128 e. The Balaban J connectivity index is 2.05. The summed E-state index contributed by atoms with van der Waals surface area (Å²) in [5.41, 5.74) is 0.815. The number of aliphatic hydroxyl groups is 1. The second-order valence-corrected chi connectivity index (χ2v) is 3.62. The maximum Gasteiger partial charge on any atom is 0.128 e. The van der Waals surface area contributed by atoms with Crippen molar-refractivity contribution >= 4 is 5.82 Å². The molecule has 84 valence electrons. The third kappa shape index (κ3) is 2.41. The number of pyridine rings is 1. The van der Waals surface area contributed by atoms with Crippen LogP contribution in [0.25, 0.3) is 0 Å². The van der Waals surface area contributed by atoms with Gasteiger partial charge < -0.3 is 14.4 Å². The number of nitrogens with zero attached hydrogens (tertiary/aromatic N) is 2. The molecule has 4 nitrogen and oxygen atoms in total. The second kappa shape index (κ2) is 4.81. The largest absolute Gasteiger partial charge is 0.467 e. The normalized spacial score (nSPS) is 10.4. The van der Waals surface area contributed by atoms with Crippen molar-refractivity contribution in [2.24, 2.45) is 0 Å². The van der Waals surface area contributed by atoms with E-state index < -0.39 is 0 Å². The van der Waals surface area contributed by atoms with Gasteiger partial charge in [-0.15, -0.1) is 0 Å². The highest BCUT2D eigenvalue weighted by molar-refractivity contribution is 5.38. The molecule has 0 amide bonds. The van der Waals surface area contributed by atoms with Crippen LogP contribution < -0.4 is 4.90 Å². The molecule has 1 N–H and O–H groups in total. The average molecular weight is 218 g/mol. The highest BCUT2D eigenvalue weighted by atomic mass is 16.3. The van der Waals surface area contributed by atoms with Crippen LogP contribution in [0.2, 0.25) is 0 Å². The Morgan fingerprint density at radius 1 is 1.38 bits per heavy atom. The van der Waals surface area contributed by atoms with Crippen molar-refractivity contribution in [3.8, 4) is 0 Å². The summed E-state index contributed by atoms with van der Waals surface area (Å²) < 4.78 is 5.26. The van der Waals surface area contributed by atoms with Gasteiger partial charge in [-0.3, -0.25) is 0 Å². The van der Waals surface area contributed by atoms with Crippen molar-refractivity contribution in [1.29, 1.82) is 0 Å². The molecular weight excluding hydrogens is 204 g/mol. The van der Waals surface area contributed by atoms with E-state index in [2.05, 4.69) is 4.98 Å². The van der Waals surface area contributed by atoms with Crippen LogP contribution in [-0.2, 0) is 13.2 Å². The van der Waals surface area contributed by atoms with E-state index in [9.17, 15) is 0 Å². The summed E-state index contributed by atoms with van der Waals surface area (Å²) in [6.07, 6.45) is 3.33. The van der Waals surface area contributed by atoms with Crippen molar-refractivity contribution in [3.63, 3.8) is 0 Å². The van der Waals surface area contributed by atoms with E-state index in [1.807, 2.05) is 36.2 Å². The molecule has 0 fully saturated rings. The molecule has 0 bridgehead atoms. The second-order valence-electron chi connectivity index (χ2n) is 3.62. The molecule has 2 aromatic rings. The van der Waals surface area contributed by atoms with Gasteiger partial charge in [0.2, 0.25) is 0 Å². The zero-order chi connectivity index (χ0) is 11.4. The number of anilines is 1. The summed E-state index contributed by atoms with van der Waals surface area (Å²) in [4.78, 5) is 6.24. The van der Waals surface area contributed by atoms with E-state index in [4.69, 9.17) is 9.52 Å².